The molecule has 0 N–H and O–H groups in total. The summed E-state index contributed by atoms with van der Waals surface area (Å²) in [7, 11) is 5.80. The monoisotopic (exact) mass is 672 g/mol. The SMILES string of the molecule is COc1cc(F)cc(N2CCN(SN3CCCN(CC4CCCCC4)CCCN(Sc4ccc(N(C)C)cc4)CC(C)C3)CC2)c1. The Kier molecular flexibility index (Phi) is 14.1. The van der Waals surface area contributed by atoms with Gasteiger partial charge in [-0.2, -0.15) is 0 Å². The van der Waals surface area contributed by atoms with E-state index in [1.807, 2.05) is 30.1 Å². The first kappa shape index (κ1) is 35.6. The van der Waals surface area contributed by atoms with Gasteiger partial charge in [-0.3, -0.25) is 0 Å². The van der Waals surface area contributed by atoms with Crippen molar-refractivity contribution < 1.29 is 9.13 Å². The van der Waals surface area contributed by atoms with Crippen molar-refractivity contribution in [3.8, 4) is 5.75 Å². The van der Waals surface area contributed by atoms with E-state index >= 15 is 0 Å². The molecule has 0 amide bonds. The second kappa shape index (κ2) is 18.2. The minimum Gasteiger partial charge on any atom is -0.497 e. The first-order valence-electron chi connectivity index (χ1n) is 17.5. The lowest BCUT2D eigenvalue weighted by Crippen LogP contribution is -2.45. The number of rotatable bonds is 9. The third kappa shape index (κ3) is 11.2. The molecule has 3 fully saturated rings. The summed E-state index contributed by atoms with van der Waals surface area (Å²) in [4.78, 5) is 8.57. The van der Waals surface area contributed by atoms with Crippen LogP contribution in [0.2, 0.25) is 0 Å². The van der Waals surface area contributed by atoms with Gasteiger partial charge in [-0.25, -0.2) is 17.3 Å². The van der Waals surface area contributed by atoms with Gasteiger partial charge in [-0.05, 0) is 92.9 Å². The normalized spacial score (nSPS) is 22.7. The molecule has 0 spiro atoms. The van der Waals surface area contributed by atoms with Gasteiger partial charge in [0.25, 0.3) is 0 Å². The zero-order valence-electron chi connectivity index (χ0n) is 28.7. The Morgan fingerprint density at radius 2 is 1.46 bits per heavy atom. The van der Waals surface area contributed by atoms with Crippen LogP contribution in [0.3, 0.4) is 0 Å². The highest BCUT2D eigenvalue weighted by molar-refractivity contribution is 7.97. The number of benzene rings is 2. The number of hydrogen-bond acceptors (Lipinski definition) is 9. The molecule has 1 aliphatic carbocycles. The molecule has 2 aromatic carbocycles. The van der Waals surface area contributed by atoms with Crippen LogP contribution in [0.25, 0.3) is 0 Å². The van der Waals surface area contributed by atoms with E-state index in [-0.39, 0.29) is 5.82 Å². The number of nitrogens with zero attached hydrogens (tertiary/aromatic N) is 6. The average Bonchev–Trinajstić information content (AvgIpc) is 3.04. The third-order valence-electron chi connectivity index (χ3n) is 9.55. The number of hydrogen-bond donors (Lipinski definition) is 0. The number of ether oxygens (including phenoxy) is 1. The predicted molar refractivity (Wildman–Crippen MR) is 196 cm³/mol. The Morgan fingerprint density at radius 1 is 0.783 bits per heavy atom. The molecule has 5 rings (SSSR count). The molecule has 0 radical (unpaired) electrons. The Balaban J connectivity index is 1.21. The van der Waals surface area contributed by atoms with E-state index < -0.39 is 0 Å². The average molecular weight is 673 g/mol. The van der Waals surface area contributed by atoms with Gasteiger partial charge in [0.2, 0.25) is 0 Å². The van der Waals surface area contributed by atoms with Crippen LogP contribution >= 0.6 is 24.1 Å². The Morgan fingerprint density at radius 3 is 2.13 bits per heavy atom. The topological polar surface area (TPSA) is 28.7 Å². The highest BCUT2D eigenvalue weighted by Crippen LogP contribution is 2.30. The van der Waals surface area contributed by atoms with E-state index in [4.69, 9.17) is 4.74 Å². The van der Waals surface area contributed by atoms with Crippen LogP contribution in [0.4, 0.5) is 15.8 Å². The largest absolute Gasteiger partial charge is 0.497 e. The number of anilines is 2. The number of methoxy groups -OCH3 is 1. The maximum Gasteiger partial charge on any atom is 0.128 e. The van der Waals surface area contributed by atoms with Crippen LogP contribution in [-0.2, 0) is 0 Å². The maximum absolute atomic E-state index is 14.2. The fraction of sp³-hybridized carbons (Fsp3) is 0.667. The molecule has 256 valence electrons. The molecule has 2 aliphatic heterocycles. The van der Waals surface area contributed by atoms with Gasteiger partial charge in [-0.1, -0.05) is 26.2 Å². The molecule has 10 heteroatoms. The smallest absolute Gasteiger partial charge is 0.128 e. The first-order valence-corrected chi connectivity index (χ1v) is 19.0. The third-order valence-corrected chi connectivity index (χ3v) is 11.8. The van der Waals surface area contributed by atoms with Crippen LogP contribution < -0.4 is 14.5 Å². The van der Waals surface area contributed by atoms with Crippen LogP contribution in [-0.4, -0.2) is 111 Å². The van der Waals surface area contributed by atoms with Gasteiger partial charge in [0.05, 0.1) is 7.11 Å². The minimum atomic E-state index is -0.241. The Hall–Kier alpha value is -1.69. The standard InChI is InChI=1S/C36H57FN6OS2/c1-30-27-42(45-36-14-12-33(13-15-36)38(2)3)18-8-16-39(29-31-10-6-5-7-11-31)17-9-19-43(28-30)46-41-22-20-40(21-23-41)34-24-32(37)25-35(26-34)44-4/h12-15,24-26,30-31H,5-11,16-23,27-29H2,1-4H3. The molecule has 0 aromatic heterocycles. The predicted octanol–water partition coefficient (Wildman–Crippen LogP) is 7.21. The van der Waals surface area contributed by atoms with E-state index in [0.29, 0.717) is 11.7 Å². The quantitative estimate of drug-likeness (QED) is 0.257. The van der Waals surface area contributed by atoms with Gasteiger partial charge in [0.1, 0.15) is 11.6 Å². The van der Waals surface area contributed by atoms with Gasteiger partial charge < -0.3 is 19.4 Å². The van der Waals surface area contributed by atoms with Crippen LogP contribution in [0.15, 0.2) is 47.4 Å². The molecule has 1 atom stereocenters. The molecule has 2 heterocycles. The van der Waals surface area contributed by atoms with Gasteiger partial charge >= 0.3 is 0 Å². The van der Waals surface area contributed by atoms with Crippen molar-refractivity contribution in [3.63, 3.8) is 0 Å². The summed E-state index contributed by atoms with van der Waals surface area (Å²) in [5.41, 5.74) is 2.15. The second-order valence-electron chi connectivity index (χ2n) is 13.7. The summed E-state index contributed by atoms with van der Waals surface area (Å²) in [5.74, 6) is 1.77. The van der Waals surface area contributed by atoms with Crippen molar-refractivity contribution in [2.24, 2.45) is 11.8 Å². The van der Waals surface area contributed by atoms with E-state index in [1.165, 1.54) is 81.2 Å². The molecular formula is C36H57FN6OS2. The Bertz CT molecular complexity index is 1180. The summed E-state index contributed by atoms with van der Waals surface area (Å²) in [6, 6.07) is 14.0. The highest BCUT2D eigenvalue weighted by atomic mass is 32.2. The minimum absolute atomic E-state index is 0.241. The van der Waals surface area contributed by atoms with Crippen molar-refractivity contribution in [2.45, 2.75) is 56.8 Å². The fourth-order valence-corrected chi connectivity index (χ4v) is 9.35. The molecule has 7 nitrogen and oxygen atoms in total. The summed E-state index contributed by atoms with van der Waals surface area (Å²) in [6.45, 7) is 14.1. The Labute approximate surface area is 287 Å². The van der Waals surface area contributed by atoms with Crippen LogP contribution in [0.1, 0.15) is 51.9 Å². The van der Waals surface area contributed by atoms with Crippen LogP contribution in [0, 0.1) is 17.7 Å². The number of halogens is 1. The van der Waals surface area contributed by atoms with E-state index in [9.17, 15) is 4.39 Å². The van der Waals surface area contributed by atoms with Gasteiger partial charge in [0.15, 0.2) is 0 Å². The van der Waals surface area contributed by atoms with E-state index in [1.54, 1.807) is 13.2 Å². The van der Waals surface area contributed by atoms with E-state index in [0.717, 1.165) is 64.0 Å². The molecule has 1 saturated carbocycles. The van der Waals surface area contributed by atoms with Crippen molar-refractivity contribution >= 4 is 35.5 Å². The summed E-state index contributed by atoms with van der Waals surface area (Å²) in [5, 5.41) is 0. The molecule has 46 heavy (non-hydrogen) atoms. The lowest BCUT2D eigenvalue weighted by Gasteiger charge is -2.38. The zero-order valence-corrected chi connectivity index (χ0v) is 30.3. The van der Waals surface area contributed by atoms with E-state index in [2.05, 4.69) is 72.9 Å². The summed E-state index contributed by atoms with van der Waals surface area (Å²) < 4.78 is 27.3. The van der Waals surface area contributed by atoms with Crippen molar-refractivity contribution in [2.75, 3.05) is 103 Å². The van der Waals surface area contributed by atoms with Gasteiger partial charge in [0, 0.05) is 114 Å². The lowest BCUT2D eigenvalue weighted by atomic mass is 9.89. The van der Waals surface area contributed by atoms with Crippen molar-refractivity contribution in [1.29, 1.82) is 0 Å². The van der Waals surface area contributed by atoms with Crippen molar-refractivity contribution in [1.82, 2.24) is 17.8 Å². The second-order valence-corrected chi connectivity index (χ2v) is 16.1. The summed E-state index contributed by atoms with van der Waals surface area (Å²) in [6.07, 6.45) is 9.52. The van der Waals surface area contributed by atoms with Crippen molar-refractivity contribution in [3.05, 3.63) is 48.3 Å². The highest BCUT2D eigenvalue weighted by Gasteiger charge is 2.25. The molecule has 0 bridgehead atoms. The summed E-state index contributed by atoms with van der Waals surface area (Å²) >= 11 is 3.88. The molecule has 3 aliphatic rings. The fourth-order valence-electron chi connectivity index (χ4n) is 7.06. The first-order chi connectivity index (χ1) is 22.3. The molecular weight excluding hydrogens is 616 g/mol. The van der Waals surface area contributed by atoms with Gasteiger partial charge in [-0.15, -0.1) is 0 Å². The maximum atomic E-state index is 14.2. The molecule has 2 aromatic rings. The zero-order chi connectivity index (χ0) is 32.3. The van der Waals surface area contributed by atoms with Crippen LogP contribution in [0.5, 0.6) is 5.75 Å². The lowest BCUT2D eigenvalue weighted by molar-refractivity contribution is 0.183. The molecule has 1 unspecified atom stereocenters. The molecule has 2 saturated heterocycles. The number of piperazine rings is 1.